The van der Waals surface area contributed by atoms with Crippen LogP contribution in [0.1, 0.15) is 36.5 Å². The van der Waals surface area contributed by atoms with E-state index in [1.807, 2.05) is 19.9 Å². The Kier molecular flexibility index (Phi) is 2.84. The van der Waals surface area contributed by atoms with Crippen LogP contribution < -0.4 is 0 Å². The minimum atomic E-state index is -0.512. The highest BCUT2D eigenvalue weighted by molar-refractivity contribution is 5.44. The zero-order valence-corrected chi connectivity index (χ0v) is 8.00. The van der Waals surface area contributed by atoms with Crippen molar-refractivity contribution in [3.8, 4) is 12.1 Å². The van der Waals surface area contributed by atoms with Gasteiger partial charge in [-0.15, -0.1) is 0 Å². The van der Waals surface area contributed by atoms with Gasteiger partial charge in [0.05, 0.1) is 17.2 Å². The molecule has 0 aliphatic carbocycles. The Morgan fingerprint density at radius 2 is 1.86 bits per heavy atom. The van der Waals surface area contributed by atoms with E-state index in [2.05, 4.69) is 0 Å². The molecule has 0 bridgehead atoms. The van der Waals surface area contributed by atoms with E-state index in [1.54, 1.807) is 6.07 Å². The first-order chi connectivity index (χ1) is 6.60. The van der Waals surface area contributed by atoms with Gasteiger partial charge in [-0.1, -0.05) is 13.8 Å². The Hall–Kier alpha value is -1.87. The molecule has 14 heavy (non-hydrogen) atoms. The summed E-state index contributed by atoms with van der Waals surface area (Å²) in [6, 6.07) is 6.40. The fourth-order valence-corrected chi connectivity index (χ4v) is 1.21. The molecular formula is C11H9FN2. The molecule has 2 nitrogen and oxygen atoms in total. The maximum atomic E-state index is 13.5. The number of hydrogen-bond acceptors (Lipinski definition) is 2. The van der Waals surface area contributed by atoms with Gasteiger partial charge in [0.15, 0.2) is 0 Å². The summed E-state index contributed by atoms with van der Waals surface area (Å²) in [6.45, 7) is 3.64. The van der Waals surface area contributed by atoms with Gasteiger partial charge >= 0.3 is 0 Å². The molecule has 0 radical (unpaired) electrons. The van der Waals surface area contributed by atoms with Crippen molar-refractivity contribution in [2.24, 2.45) is 0 Å². The van der Waals surface area contributed by atoms with E-state index >= 15 is 0 Å². The van der Waals surface area contributed by atoms with Gasteiger partial charge in [0.2, 0.25) is 0 Å². The average molecular weight is 188 g/mol. The second-order valence-corrected chi connectivity index (χ2v) is 3.31. The van der Waals surface area contributed by atoms with Gasteiger partial charge in [-0.2, -0.15) is 10.5 Å². The van der Waals surface area contributed by atoms with Crippen molar-refractivity contribution in [2.45, 2.75) is 19.8 Å². The quantitative estimate of drug-likeness (QED) is 0.680. The molecule has 1 aromatic rings. The molecular weight excluding hydrogens is 179 g/mol. The lowest BCUT2D eigenvalue weighted by Crippen LogP contribution is -1.97. The maximum Gasteiger partial charge on any atom is 0.144 e. The number of benzene rings is 1. The van der Waals surface area contributed by atoms with Gasteiger partial charge in [-0.3, -0.25) is 0 Å². The Bertz CT molecular complexity index is 436. The third kappa shape index (κ3) is 1.72. The summed E-state index contributed by atoms with van der Waals surface area (Å²) < 4.78 is 13.5. The van der Waals surface area contributed by atoms with Crippen molar-refractivity contribution in [3.05, 3.63) is 34.6 Å². The van der Waals surface area contributed by atoms with Crippen molar-refractivity contribution < 1.29 is 4.39 Å². The first-order valence-electron chi connectivity index (χ1n) is 4.23. The van der Waals surface area contributed by atoms with Crippen LogP contribution in [0.4, 0.5) is 4.39 Å². The van der Waals surface area contributed by atoms with Crippen LogP contribution in [0.5, 0.6) is 0 Å². The highest BCUT2D eigenvalue weighted by Crippen LogP contribution is 2.22. The molecule has 0 aliphatic heterocycles. The van der Waals surface area contributed by atoms with Crippen LogP contribution in [0.3, 0.4) is 0 Å². The van der Waals surface area contributed by atoms with Crippen LogP contribution >= 0.6 is 0 Å². The zero-order valence-electron chi connectivity index (χ0n) is 8.00. The lowest BCUT2D eigenvalue weighted by molar-refractivity contribution is 0.594. The van der Waals surface area contributed by atoms with E-state index in [0.717, 1.165) is 0 Å². The molecule has 1 rings (SSSR count). The van der Waals surface area contributed by atoms with Gasteiger partial charge in [-0.25, -0.2) is 4.39 Å². The first-order valence-corrected chi connectivity index (χ1v) is 4.23. The molecule has 1 aromatic carbocycles. The highest BCUT2D eigenvalue weighted by Gasteiger charge is 2.12. The smallest absolute Gasteiger partial charge is 0.144 e. The Balaban J connectivity index is 3.46. The predicted molar refractivity (Wildman–Crippen MR) is 49.9 cm³/mol. The summed E-state index contributed by atoms with van der Waals surface area (Å²) in [5, 5.41) is 17.3. The molecule has 0 saturated carbocycles. The molecule has 0 amide bonds. The van der Waals surface area contributed by atoms with E-state index in [1.165, 1.54) is 12.1 Å². The standard InChI is InChI=1S/C11H9FN2/c1-7(2)10-4-8(5-13)3-9(6-14)11(10)12/h3-4,7H,1-2H3. The van der Waals surface area contributed by atoms with Crippen molar-refractivity contribution in [1.29, 1.82) is 10.5 Å². The molecule has 0 spiro atoms. The van der Waals surface area contributed by atoms with Gasteiger partial charge < -0.3 is 0 Å². The van der Waals surface area contributed by atoms with Crippen LogP contribution in [0.25, 0.3) is 0 Å². The van der Waals surface area contributed by atoms with Crippen LogP contribution in [0, 0.1) is 28.5 Å². The number of hydrogen-bond donors (Lipinski definition) is 0. The minimum absolute atomic E-state index is 0.0320. The van der Waals surface area contributed by atoms with Gasteiger partial charge in [-0.05, 0) is 23.6 Å². The van der Waals surface area contributed by atoms with E-state index in [4.69, 9.17) is 10.5 Å². The molecule has 3 heteroatoms. The summed E-state index contributed by atoms with van der Waals surface area (Å²) in [6.07, 6.45) is 0. The minimum Gasteiger partial charge on any atom is -0.205 e. The zero-order chi connectivity index (χ0) is 10.7. The third-order valence-corrected chi connectivity index (χ3v) is 1.97. The molecule has 0 aliphatic rings. The summed E-state index contributed by atoms with van der Waals surface area (Å²) in [5.41, 5.74) is 0.681. The number of nitriles is 2. The largest absolute Gasteiger partial charge is 0.205 e. The van der Waals surface area contributed by atoms with Crippen LogP contribution in [0.15, 0.2) is 12.1 Å². The highest BCUT2D eigenvalue weighted by atomic mass is 19.1. The van der Waals surface area contributed by atoms with E-state index in [0.29, 0.717) is 11.1 Å². The van der Waals surface area contributed by atoms with Crippen molar-refractivity contribution in [2.75, 3.05) is 0 Å². The fraction of sp³-hybridized carbons (Fsp3) is 0.273. The lowest BCUT2D eigenvalue weighted by Gasteiger charge is -2.08. The predicted octanol–water partition coefficient (Wildman–Crippen LogP) is 2.69. The fourth-order valence-electron chi connectivity index (χ4n) is 1.21. The molecule has 0 atom stereocenters. The molecule has 0 aromatic heterocycles. The average Bonchev–Trinajstić information content (AvgIpc) is 2.17. The first kappa shape index (κ1) is 10.2. The van der Waals surface area contributed by atoms with Crippen molar-refractivity contribution in [3.63, 3.8) is 0 Å². The van der Waals surface area contributed by atoms with E-state index in [9.17, 15) is 4.39 Å². The Morgan fingerprint density at radius 1 is 1.21 bits per heavy atom. The van der Waals surface area contributed by atoms with Gasteiger partial charge in [0.25, 0.3) is 0 Å². The summed E-state index contributed by atoms with van der Waals surface area (Å²) >= 11 is 0. The normalized spacial score (nSPS) is 9.57. The van der Waals surface area contributed by atoms with Gasteiger partial charge in [0, 0.05) is 0 Å². The molecule has 0 fully saturated rings. The molecule has 0 N–H and O–H groups in total. The number of rotatable bonds is 1. The third-order valence-electron chi connectivity index (χ3n) is 1.97. The number of halogens is 1. The van der Waals surface area contributed by atoms with E-state index < -0.39 is 5.82 Å². The maximum absolute atomic E-state index is 13.5. The van der Waals surface area contributed by atoms with E-state index in [-0.39, 0.29) is 11.5 Å². The molecule has 0 saturated heterocycles. The lowest BCUT2D eigenvalue weighted by atomic mass is 9.97. The monoisotopic (exact) mass is 188 g/mol. The SMILES string of the molecule is CC(C)c1cc(C#N)cc(C#N)c1F. The number of nitrogens with zero attached hydrogens (tertiary/aromatic N) is 2. The molecule has 70 valence electrons. The Labute approximate surface area is 82.2 Å². The van der Waals surface area contributed by atoms with Crippen LogP contribution in [0.2, 0.25) is 0 Å². The van der Waals surface area contributed by atoms with Crippen LogP contribution in [-0.4, -0.2) is 0 Å². The summed E-state index contributed by atoms with van der Waals surface area (Å²) in [5.74, 6) is -0.545. The topological polar surface area (TPSA) is 47.6 Å². The van der Waals surface area contributed by atoms with Crippen LogP contribution in [-0.2, 0) is 0 Å². The molecule has 0 heterocycles. The summed E-state index contributed by atoms with van der Waals surface area (Å²) in [4.78, 5) is 0. The summed E-state index contributed by atoms with van der Waals surface area (Å²) in [7, 11) is 0. The van der Waals surface area contributed by atoms with Gasteiger partial charge in [0.1, 0.15) is 11.9 Å². The second kappa shape index (κ2) is 3.89. The van der Waals surface area contributed by atoms with Crippen molar-refractivity contribution in [1.82, 2.24) is 0 Å². The van der Waals surface area contributed by atoms with Crippen molar-refractivity contribution >= 4 is 0 Å². The Morgan fingerprint density at radius 3 is 2.29 bits per heavy atom. The molecule has 0 unspecified atom stereocenters. The second-order valence-electron chi connectivity index (χ2n) is 3.31.